The third-order valence-corrected chi connectivity index (χ3v) is 5.40. The molecule has 1 aromatic rings. The molecule has 0 aliphatic rings. The summed E-state index contributed by atoms with van der Waals surface area (Å²) >= 11 is 3.87. The van der Waals surface area contributed by atoms with Crippen LogP contribution in [-0.4, -0.2) is 36.0 Å². The van der Waals surface area contributed by atoms with Gasteiger partial charge in [-0.1, -0.05) is 13.8 Å². The zero-order valence-electron chi connectivity index (χ0n) is 13.8. The fourth-order valence-corrected chi connectivity index (χ4v) is 3.65. The second-order valence-corrected chi connectivity index (χ2v) is 8.20. The first kappa shape index (κ1) is 18.0. The van der Waals surface area contributed by atoms with Gasteiger partial charge in [-0.15, -0.1) is 11.3 Å². The number of hydrogen-bond donors (Lipinski definition) is 1. The Morgan fingerprint density at radius 2 is 2.05 bits per heavy atom. The summed E-state index contributed by atoms with van der Waals surface area (Å²) in [6.45, 7) is 11.0. The highest BCUT2D eigenvalue weighted by Gasteiger charge is 2.12. The first-order valence-corrected chi connectivity index (χ1v) is 9.65. The van der Waals surface area contributed by atoms with Gasteiger partial charge in [0.25, 0.3) is 0 Å². The van der Waals surface area contributed by atoms with Crippen molar-refractivity contribution in [1.82, 2.24) is 10.2 Å². The Bertz CT molecular complexity index is 388. The van der Waals surface area contributed by atoms with Gasteiger partial charge in [0.15, 0.2) is 0 Å². The fourth-order valence-electron chi connectivity index (χ4n) is 2.07. The zero-order chi connectivity index (χ0) is 15.1. The maximum Gasteiger partial charge on any atom is 0.0302 e. The first-order chi connectivity index (χ1) is 9.43. The lowest BCUT2D eigenvalue weighted by molar-refractivity contribution is 0.245. The third-order valence-electron chi connectivity index (χ3n) is 3.67. The van der Waals surface area contributed by atoms with E-state index in [1.165, 1.54) is 27.5 Å². The van der Waals surface area contributed by atoms with Gasteiger partial charge in [-0.2, -0.15) is 11.8 Å². The van der Waals surface area contributed by atoms with Crippen LogP contribution in [-0.2, 0) is 13.1 Å². The highest BCUT2D eigenvalue weighted by Crippen LogP contribution is 2.23. The Morgan fingerprint density at radius 3 is 2.65 bits per heavy atom. The van der Waals surface area contributed by atoms with E-state index < -0.39 is 0 Å². The van der Waals surface area contributed by atoms with Crippen molar-refractivity contribution in [1.29, 1.82) is 0 Å². The van der Waals surface area contributed by atoms with Crippen molar-refractivity contribution < 1.29 is 0 Å². The van der Waals surface area contributed by atoms with Crippen LogP contribution in [0.2, 0.25) is 0 Å². The number of hydrogen-bond acceptors (Lipinski definition) is 4. The van der Waals surface area contributed by atoms with Crippen LogP contribution < -0.4 is 5.32 Å². The van der Waals surface area contributed by atoms with E-state index in [0.717, 1.165) is 13.1 Å². The number of rotatable bonds is 9. The van der Waals surface area contributed by atoms with E-state index in [-0.39, 0.29) is 0 Å². The minimum atomic E-state index is 0.551. The monoisotopic (exact) mass is 314 g/mol. The van der Waals surface area contributed by atoms with E-state index >= 15 is 0 Å². The third kappa shape index (κ3) is 6.17. The molecule has 0 spiro atoms. The summed E-state index contributed by atoms with van der Waals surface area (Å²) in [6.07, 6.45) is 3.45. The van der Waals surface area contributed by atoms with Crippen LogP contribution >= 0.6 is 23.1 Å². The van der Waals surface area contributed by atoms with Crippen LogP contribution in [0.5, 0.6) is 0 Å². The molecule has 116 valence electrons. The zero-order valence-corrected chi connectivity index (χ0v) is 15.5. The summed E-state index contributed by atoms with van der Waals surface area (Å²) in [5, 5.41) is 3.50. The molecule has 4 heteroatoms. The maximum absolute atomic E-state index is 3.50. The number of thioether (sulfide) groups is 1. The normalized spacial score (nSPS) is 13.4. The summed E-state index contributed by atoms with van der Waals surface area (Å²) in [5.74, 6) is 1.25. The number of aryl methyl sites for hydroxylation is 1. The lowest BCUT2D eigenvalue weighted by atomic mass is 10.2. The quantitative estimate of drug-likeness (QED) is 0.738. The van der Waals surface area contributed by atoms with E-state index in [2.05, 4.69) is 57.3 Å². The van der Waals surface area contributed by atoms with Crippen LogP contribution in [0, 0.1) is 6.92 Å². The second kappa shape index (κ2) is 9.08. The van der Waals surface area contributed by atoms with Crippen molar-refractivity contribution in [3.63, 3.8) is 0 Å². The highest BCUT2D eigenvalue weighted by molar-refractivity contribution is 7.98. The van der Waals surface area contributed by atoms with Crippen molar-refractivity contribution in [3.05, 3.63) is 21.4 Å². The van der Waals surface area contributed by atoms with Crippen LogP contribution in [0.3, 0.4) is 0 Å². The van der Waals surface area contributed by atoms with Crippen LogP contribution in [0.1, 0.15) is 42.5 Å². The molecule has 0 saturated carbocycles. The number of nitrogens with one attached hydrogen (secondary N) is 1. The van der Waals surface area contributed by atoms with Crippen LogP contribution in [0.25, 0.3) is 0 Å². The number of nitrogens with zero attached hydrogens (tertiary/aromatic N) is 1. The lowest BCUT2D eigenvalue weighted by Gasteiger charge is -2.24. The summed E-state index contributed by atoms with van der Waals surface area (Å²) in [4.78, 5) is 5.40. The molecule has 0 fully saturated rings. The van der Waals surface area contributed by atoms with Crippen molar-refractivity contribution in [2.75, 3.05) is 19.1 Å². The van der Waals surface area contributed by atoms with Crippen molar-refractivity contribution in [2.45, 2.75) is 59.3 Å². The smallest absolute Gasteiger partial charge is 0.0302 e. The Hall–Kier alpha value is -0.0300. The van der Waals surface area contributed by atoms with E-state index in [1.54, 1.807) is 0 Å². The molecular formula is C16H30N2S2. The SMILES string of the molecule is CSCCC(C)N(C)Cc1cc(CNC(C)C)sc1C. The molecule has 0 aliphatic carbocycles. The minimum absolute atomic E-state index is 0.551. The van der Waals surface area contributed by atoms with Gasteiger partial charge >= 0.3 is 0 Å². The Morgan fingerprint density at radius 1 is 1.35 bits per heavy atom. The van der Waals surface area contributed by atoms with Gasteiger partial charge in [0.1, 0.15) is 0 Å². The molecule has 1 N–H and O–H groups in total. The topological polar surface area (TPSA) is 15.3 Å². The molecule has 1 unspecified atom stereocenters. The van der Waals surface area contributed by atoms with E-state index in [9.17, 15) is 0 Å². The molecule has 20 heavy (non-hydrogen) atoms. The van der Waals surface area contributed by atoms with E-state index in [4.69, 9.17) is 0 Å². The van der Waals surface area contributed by atoms with Gasteiger partial charge in [0, 0.05) is 34.9 Å². The first-order valence-electron chi connectivity index (χ1n) is 7.44. The van der Waals surface area contributed by atoms with Gasteiger partial charge < -0.3 is 5.32 Å². The second-order valence-electron chi connectivity index (χ2n) is 5.88. The number of thiophene rings is 1. The summed E-state index contributed by atoms with van der Waals surface area (Å²) in [7, 11) is 2.24. The van der Waals surface area contributed by atoms with Gasteiger partial charge in [0.05, 0.1) is 0 Å². The lowest BCUT2D eigenvalue weighted by Crippen LogP contribution is -2.29. The predicted octanol–water partition coefficient (Wildman–Crippen LogP) is 4.13. The minimum Gasteiger partial charge on any atom is -0.310 e. The van der Waals surface area contributed by atoms with Gasteiger partial charge in [-0.05, 0) is 51.0 Å². The molecule has 1 atom stereocenters. The van der Waals surface area contributed by atoms with Crippen molar-refractivity contribution in [2.24, 2.45) is 0 Å². The molecule has 1 heterocycles. The molecule has 0 amide bonds. The van der Waals surface area contributed by atoms with Crippen LogP contribution in [0.15, 0.2) is 6.07 Å². The molecule has 0 bridgehead atoms. The molecule has 0 saturated heterocycles. The molecular weight excluding hydrogens is 284 g/mol. The highest BCUT2D eigenvalue weighted by atomic mass is 32.2. The average Bonchev–Trinajstić information content (AvgIpc) is 2.74. The van der Waals surface area contributed by atoms with E-state index in [1.807, 2.05) is 23.1 Å². The maximum atomic E-state index is 3.50. The van der Waals surface area contributed by atoms with Crippen LogP contribution in [0.4, 0.5) is 0 Å². The van der Waals surface area contributed by atoms with Crippen molar-refractivity contribution in [3.8, 4) is 0 Å². The predicted molar refractivity (Wildman–Crippen MR) is 95.0 cm³/mol. The van der Waals surface area contributed by atoms with Gasteiger partial charge in [-0.3, -0.25) is 4.90 Å². The average molecular weight is 315 g/mol. The summed E-state index contributed by atoms with van der Waals surface area (Å²) in [6, 6.07) is 3.58. The molecule has 0 radical (unpaired) electrons. The van der Waals surface area contributed by atoms with E-state index in [0.29, 0.717) is 12.1 Å². The molecule has 2 nitrogen and oxygen atoms in total. The molecule has 0 aromatic carbocycles. The standard InChI is InChI=1S/C16H30N2S2/c1-12(2)17-10-16-9-15(14(4)20-16)11-18(5)13(3)7-8-19-6/h9,12-13,17H,7-8,10-11H2,1-6H3. The molecule has 1 rings (SSSR count). The summed E-state index contributed by atoms with van der Waals surface area (Å²) < 4.78 is 0. The molecule has 0 aliphatic heterocycles. The van der Waals surface area contributed by atoms with Gasteiger partial charge in [0.2, 0.25) is 0 Å². The largest absolute Gasteiger partial charge is 0.310 e. The molecule has 1 aromatic heterocycles. The summed E-state index contributed by atoms with van der Waals surface area (Å²) in [5.41, 5.74) is 1.49. The fraction of sp³-hybridized carbons (Fsp3) is 0.750. The Kier molecular flexibility index (Phi) is 8.18. The van der Waals surface area contributed by atoms with Crippen molar-refractivity contribution >= 4 is 23.1 Å². The Labute approximate surface area is 133 Å². The Balaban J connectivity index is 2.54. The van der Waals surface area contributed by atoms with Gasteiger partial charge in [-0.25, -0.2) is 0 Å².